The molecule has 0 amide bonds. The molecule has 3 heteroatoms. The van der Waals surface area contributed by atoms with Crippen molar-refractivity contribution >= 4 is 37.1 Å². The second kappa shape index (κ2) is 25.4. The number of allylic oxidation sites excluding steroid dienone is 4. The Morgan fingerprint density at radius 1 is 0.476 bits per heavy atom. The average Bonchev–Trinajstić information content (AvgIpc) is 3.05. The molecule has 0 atom stereocenters. The van der Waals surface area contributed by atoms with Crippen molar-refractivity contribution in [3.05, 3.63) is 159 Å². The van der Waals surface area contributed by atoms with Crippen LogP contribution in [0.15, 0.2) is 146 Å². The van der Waals surface area contributed by atoms with Crippen LogP contribution < -0.4 is 21.2 Å². The van der Waals surface area contributed by atoms with E-state index in [1.807, 2.05) is 26.0 Å². The first-order valence-corrected chi connectivity index (χ1v) is 17.9. The Labute approximate surface area is 274 Å². The maximum Gasteiger partial charge on any atom is 2.00 e. The molecule has 0 heterocycles. The number of benzene rings is 4. The van der Waals surface area contributed by atoms with E-state index in [2.05, 4.69) is 147 Å². The Kier molecular flexibility index (Phi) is 23.0. The third-order valence-electron chi connectivity index (χ3n) is 6.25. The standard InChI is InChI=1S/C27H26P2.2C6H11.Pt/c1-5-14-24(15-6-1)28(25-16-7-2-8-17-25)22-13-23-29(26-18-9-3-10-19-26)27-20-11-4-12-21-27;2*1-3-5-6-4-2;/h1-12,14-21H,13,22-23H2;2*4,6H,1,3,5H2,2H3;/q;2*-1;+2/b;2*6-4+;. The fraction of sp³-hybridized carbons (Fsp3) is 0.231. The van der Waals surface area contributed by atoms with Gasteiger partial charge in [0.1, 0.15) is 0 Å². The first-order valence-electron chi connectivity index (χ1n) is 14.8. The first kappa shape index (κ1) is 37.9. The monoisotopic (exact) mass is 773 g/mol. The van der Waals surface area contributed by atoms with Gasteiger partial charge >= 0.3 is 21.1 Å². The zero-order valence-electron chi connectivity index (χ0n) is 25.4. The molecular weight excluding hydrogens is 725 g/mol. The van der Waals surface area contributed by atoms with Gasteiger partial charge in [-0.3, -0.25) is 0 Å². The molecule has 0 saturated heterocycles. The number of rotatable bonds is 12. The predicted octanol–water partition coefficient (Wildman–Crippen LogP) is 9.99. The molecule has 0 spiro atoms. The van der Waals surface area contributed by atoms with Crippen LogP contribution in [0.2, 0.25) is 0 Å². The van der Waals surface area contributed by atoms with E-state index in [-0.39, 0.29) is 36.9 Å². The van der Waals surface area contributed by atoms with Crippen LogP contribution >= 0.6 is 15.8 Å². The molecule has 4 aromatic rings. The van der Waals surface area contributed by atoms with Crippen molar-refractivity contribution in [2.75, 3.05) is 12.3 Å². The molecule has 0 radical (unpaired) electrons. The summed E-state index contributed by atoms with van der Waals surface area (Å²) >= 11 is 0. The van der Waals surface area contributed by atoms with Gasteiger partial charge in [-0.15, -0.1) is 0 Å². The summed E-state index contributed by atoms with van der Waals surface area (Å²) in [5.74, 6) is 0. The third kappa shape index (κ3) is 15.4. The fourth-order valence-corrected chi connectivity index (χ4v) is 9.16. The van der Waals surface area contributed by atoms with E-state index in [1.54, 1.807) is 0 Å². The largest absolute Gasteiger partial charge is 2.00 e. The molecular formula is C39H48P2Pt. The minimum atomic E-state index is -0.309. The Morgan fingerprint density at radius 3 is 0.929 bits per heavy atom. The van der Waals surface area contributed by atoms with Crippen molar-refractivity contribution in [3.63, 3.8) is 0 Å². The molecule has 0 unspecified atom stereocenters. The van der Waals surface area contributed by atoms with Gasteiger partial charge in [-0.05, 0) is 69.7 Å². The second-order valence-electron chi connectivity index (χ2n) is 9.42. The van der Waals surface area contributed by atoms with Crippen molar-refractivity contribution in [2.24, 2.45) is 0 Å². The molecule has 0 nitrogen and oxygen atoms in total. The summed E-state index contributed by atoms with van der Waals surface area (Å²) in [6, 6.07) is 44.3. The van der Waals surface area contributed by atoms with Crippen LogP contribution in [0, 0.1) is 13.8 Å². The van der Waals surface area contributed by atoms with Crippen molar-refractivity contribution in [3.8, 4) is 0 Å². The molecule has 0 aliphatic rings. The first-order chi connectivity index (χ1) is 20.2. The topological polar surface area (TPSA) is 0 Å². The predicted molar refractivity (Wildman–Crippen MR) is 191 cm³/mol. The summed E-state index contributed by atoms with van der Waals surface area (Å²) in [5.41, 5.74) is 0. The van der Waals surface area contributed by atoms with Gasteiger partial charge < -0.3 is 13.8 Å². The van der Waals surface area contributed by atoms with Crippen LogP contribution in [-0.2, 0) is 21.1 Å². The zero-order chi connectivity index (χ0) is 29.4. The van der Waals surface area contributed by atoms with Crippen LogP contribution in [0.25, 0.3) is 0 Å². The molecule has 4 rings (SSSR count). The maximum atomic E-state index is 3.67. The van der Waals surface area contributed by atoms with Gasteiger partial charge in [0, 0.05) is 0 Å². The Bertz CT molecular complexity index is 1020. The van der Waals surface area contributed by atoms with Crippen LogP contribution in [0.1, 0.15) is 46.0 Å². The van der Waals surface area contributed by atoms with Crippen molar-refractivity contribution in [1.29, 1.82) is 0 Å². The van der Waals surface area contributed by atoms with Gasteiger partial charge in [-0.25, -0.2) is 0 Å². The summed E-state index contributed by atoms with van der Waals surface area (Å²) in [7, 11) is -0.618. The van der Waals surface area contributed by atoms with Gasteiger partial charge in [-0.1, -0.05) is 158 Å². The van der Waals surface area contributed by atoms with E-state index in [0.29, 0.717) is 0 Å². The summed E-state index contributed by atoms with van der Waals surface area (Å²) in [6.45, 7) is 11.4. The van der Waals surface area contributed by atoms with E-state index >= 15 is 0 Å². The van der Waals surface area contributed by atoms with Gasteiger partial charge in [0.15, 0.2) is 0 Å². The summed E-state index contributed by atoms with van der Waals surface area (Å²) < 4.78 is 0. The molecule has 4 aromatic carbocycles. The number of unbranched alkanes of at least 4 members (excludes halogenated alkanes) is 2. The summed E-state index contributed by atoms with van der Waals surface area (Å²) in [5, 5.41) is 5.94. The minimum Gasteiger partial charge on any atom is -0.343 e. The molecule has 0 bridgehead atoms. The van der Waals surface area contributed by atoms with Gasteiger partial charge in [-0.2, -0.15) is 12.8 Å². The SMILES string of the molecule is [CH2-]CC/C=C/C.[CH2-]CC/C=C/C.[Pt+2].c1ccc(P(CCCP(c2ccccc2)c2ccccc2)c2ccccc2)cc1. The van der Waals surface area contributed by atoms with E-state index in [1.165, 1.54) is 40.0 Å². The second-order valence-corrected chi connectivity index (χ2v) is 14.1. The van der Waals surface area contributed by atoms with Crippen LogP contribution in [-0.4, -0.2) is 12.3 Å². The van der Waals surface area contributed by atoms with Crippen molar-refractivity contribution in [2.45, 2.75) is 46.0 Å². The Balaban J connectivity index is 0.000000575. The molecule has 0 saturated carbocycles. The van der Waals surface area contributed by atoms with Crippen molar-refractivity contribution in [1.82, 2.24) is 0 Å². The molecule has 0 aliphatic carbocycles. The van der Waals surface area contributed by atoms with Gasteiger partial charge in [0.25, 0.3) is 0 Å². The van der Waals surface area contributed by atoms with Crippen molar-refractivity contribution < 1.29 is 21.1 Å². The van der Waals surface area contributed by atoms with Gasteiger partial charge in [0.2, 0.25) is 0 Å². The zero-order valence-corrected chi connectivity index (χ0v) is 29.5. The summed E-state index contributed by atoms with van der Waals surface area (Å²) in [4.78, 5) is 0. The molecule has 0 aromatic heterocycles. The fourth-order valence-electron chi connectivity index (χ4n) is 4.20. The van der Waals surface area contributed by atoms with Crippen LogP contribution in [0.3, 0.4) is 0 Å². The van der Waals surface area contributed by atoms with Gasteiger partial charge in [0.05, 0.1) is 0 Å². The minimum absolute atomic E-state index is 0. The van der Waals surface area contributed by atoms with Crippen LogP contribution in [0.5, 0.6) is 0 Å². The number of hydrogen-bond acceptors (Lipinski definition) is 0. The third-order valence-corrected chi connectivity index (χ3v) is 11.5. The molecule has 42 heavy (non-hydrogen) atoms. The molecule has 0 N–H and O–H groups in total. The van der Waals surface area contributed by atoms with E-state index in [9.17, 15) is 0 Å². The van der Waals surface area contributed by atoms with Crippen LogP contribution in [0.4, 0.5) is 0 Å². The summed E-state index contributed by atoms with van der Waals surface area (Å²) in [6.07, 6.45) is 16.3. The van der Waals surface area contributed by atoms with E-state index in [4.69, 9.17) is 0 Å². The molecule has 0 aliphatic heterocycles. The smallest absolute Gasteiger partial charge is 0.343 e. The normalized spacial score (nSPS) is 10.6. The molecule has 224 valence electrons. The number of hydrogen-bond donors (Lipinski definition) is 0. The van der Waals surface area contributed by atoms with E-state index in [0.717, 1.165) is 25.7 Å². The maximum absolute atomic E-state index is 3.67. The molecule has 0 fully saturated rings. The Morgan fingerprint density at radius 2 is 0.738 bits per heavy atom. The average molecular weight is 774 g/mol. The van der Waals surface area contributed by atoms with E-state index < -0.39 is 0 Å². The quantitative estimate of drug-likeness (QED) is 0.0765. The Hall–Kier alpha value is -2.09.